The van der Waals surface area contributed by atoms with Gasteiger partial charge in [-0.2, -0.15) is 0 Å². The van der Waals surface area contributed by atoms with E-state index in [-0.39, 0.29) is 37.0 Å². The van der Waals surface area contributed by atoms with Gasteiger partial charge in [-0.1, -0.05) is 0 Å². The minimum Gasteiger partial charge on any atom is -0.454 e. The molecule has 0 N–H and O–H groups in total. The van der Waals surface area contributed by atoms with Crippen LogP contribution in [-0.4, -0.2) is 43.1 Å². The van der Waals surface area contributed by atoms with Crippen LogP contribution in [0.3, 0.4) is 0 Å². The summed E-state index contributed by atoms with van der Waals surface area (Å²) >= 11 is 0. The van der Waals surface area contributed by atoms with Gasteiger partial charge in [0, 0.05) is 37.8 Å². The molecule has 1 aromatic carbocycles. The average molecular weight is 330 g/mol. The lowest BCUT2D eigenvalue weighted by molar-refractivity contribution is -0.136. The van der Waals surface area contributed by atoms with Crippen molar-refractivity contribution in [1.29, 1.82) is 0 Å². The lowest BCUT2D eigenvalue weighted by atomic mass is 10.1. The van der Waals surface area contributed by atoms with Crippen molar-refractivity contribution in [2.24, 2.45) is 11.8 Å². The van der Waals surface area contributed by atoms with Crippen LogP contribution in [0.2, 0.25) is 0 Å². The molecule has 0 radical (unpaired) electrons. The van der Waals surface area contributed by atoms with Gasteiger partial charge in [-0.15, -0.1) is 0 Å². The molecular formula is C18H22N2O4. The first-order valence-electron chi connectivity index (χ1n) is 8.51. The Kier molecular flexibility index (Phi) is 3.62. The number of ether oxygens (including phenoxy) is 2. The highest BCUT2D eigenvalue weighted by atomic mass is 16.7. The van der Waals surface area contributed by atoms with E-state index in [1.807, 2.05) is 24.1 Å². The fourth-order valence-corrected chi connectivity index (χ4v) is 3.56. The van der Waals surface area contributed by atoms with Crippen LogP contribution in [0.4, 0.5) is 5.69 Å². The average Bonchev–Trinajstić information content (AvgIpc) is 3.20. The number of rotatable bonds is 4. The third-order valence-electron chi connectivity index (χ3n) is 5.40. The molecule has 0 unspecified atom stereocenters. The van der Waals surface area contributed by atoms with Crippen molar-refractivity contribution < 1.29 is 19.1 Å². The molecule has 3 aliphatic rings. The fraction of sp³-hybridized carbons (Fsp3) is 0.556. The Hall–Kier alpha value is -2.24. The van der Waals surface area contributed by atoms with Crippen LogP contribution in [0.15, 0.2) is 18.2 Å². The maximum absolute atomic E-state index is 12.7. The van der Waals surface area contributed by atoms with Crippen LogP contribution in [0, 0.1) is 11.8 Å². The van der Waals surface area contributed by atoms with E-state index in [0.29, 0.717) is 24.0 Å². The number of amides is 2. The number of nitrogens with zero attached hydrogens (tertiary/aromatic N) is 2. The van der Waals surface area contributed by atoms with Gasteiger partial charge in [0.15, 0.2) is 11.5 Å². The van der Waals surface area contributed by atoms with Crippen LogP contribution in [0.5, 0.6) is 11.5 Å². The van der Waals surface area contributed by atoms with E-state index in [4.69, 9.17) is 9.47 Å². The van der Waals surface area contributed by atoms with Gasteiger partial charge < -0.3 is 19.3 Å². The minimum absolute atomic E-state index is 0.0142. The quantitative estimate of drug-likeness (QED) is 0.847. The predicted octanol–water partition coefficient (Wildman–Crippen LogP) is 2.03. The molecule has 0 bridgehead atoms. The van der Waals surface area contributed by atoms with E-state index >= 15 is 0 Å². The van der Waals surface area contributed by atoms with Gasteiger partial charge in [0.2, 0.25) is 18.6 Å². The molecular weight excluding hydrogens is 308 g/mol. The normalized spacial score (nSPS) is 23.5. The maximum atomic E-state index is 12.7. The third kappa shape index (κ3) is 2.60. The molecule has 1 saturated heterocycles. The summed E-state index contributed by atoms with van der Waals surface area (Å²) in [5, 5.41) is 0. The van der Waals surface area contributed by atoms with Gasteiger partial charge >= 0.3 is 0 Å². The molecule has 1 saturated carbocycles. The molecule has 2 fully saturated rings. The van der Waals surface area contributed by atoms with Gasteiger partial charge in [-0.05, 0) is 37.8 Å². The van der Waals surface area contributed by atoms with Gasteiger partial charge in [-0.3, -0.25) is 9.59 Å². The first-order chi connectivity index (χ1) is 11.5. The summed E-state index contributed by atoms with van der Waals surface area (Å²) in [6, 6.07) is 5.71. The highest BCUT2D eigenvalue weighted by Gasteiger charge is 2.40. The molecule has 4 rings (SSSR count). The van der Waals surface area contributed by atoms with E-state index in [9.17, 15) is 9.59 Å². The van der Waals surface area contributed by atoms with E-state index in [1.54, 1.807) is 11.0 Å². The Bertz CT molecular complexity index is 686. The summed E-state index contributed by atoms with van der Waals surface area (Å²) in [4.78, 5) is 28.7. The predicted molar refractivity (Wildman–Crippen MR) is 88.0 cm³/mol. The summed E-state index contributed by atoms with van der Waals surface area (Å²) in [6.07, 6.45) is 2.67. The lowest BCUT2D eigenvalue weighted by Gasteiger charge is -2.27. The Labute approximate surface area is 141 Å². The number of carbonyl (C=O) groups excluding carboxylic acids is 2. The smallest absolute Gasteiger partial charge is 0.231 e. The molecule has 6 nitrogen and oxygen atoms in total. The topological polar surface area (TPSA) is 59.1 Å². The zero-order chi connectivity index (χ0) is 16.8. The second kappa shape index (κ2) is 5.69. The fourth-order valence-electron chi connectivity index (χ4n) is 3.56. The van der Waals surface area contributed by atoms with Crippen molar-refractivity contribution in [2.45, 2.75) is 32.2 Å². The number of carbonyl (C=O) groups is 2. The Morgan fingerprint density at radius 3 is 2.79 bits per heavy atom. The molecule has 0 aromatic heterocycles. The second-order valence-corrected chi connectivity index (χ2v) is 6.97. The molecule has 24 heavy (non-hydrogen) atoms. The van der Waals surface area contributed by atoms with Crippen molar-refractivity contribution in [2.75, 3.05) is 25.3 Å². The zero-order valence-corrected chi connectivity index (χ0v) is 14.0. The second-order valence-electron chi connectivity index (χ2n) is 6.97. The summed E-state index contributed by atoms with van der Waals surface area (Å²) in [7, 11) is 1.86. The minimum atomic E-state index is -0.269. The maximum Gasteiger partial charge on any atom is 0.231 e. The molecule has 2 amide bonds. The molecule has 1 aliphatic carbocycles. The van der Waals surface area contributed by atoms with Gasteiger partial charge in [0.25, 0.3) is 0 Å². The van der Waals surface area contributed by atoms with E-state index in [1.165, 1.54) is 12.8 Å². The van der Waals surface area contributed by atoms with Crippen molar-refractivity contribution in [3.05, 3.63) is 18.2 Å². The first kappa shape index (κ1) is 15.3. The van der Waals surface area contributed by atoms with Crippen LogP contribution in [0.25, 0.3) is 0 Å². The monoisotopic (exact) mass is 330 g/mol. The van der Waals surface area contributed by atoms with Crippen LogP contribution < -0.4 is 14.4 Å². The van der Waals surface area contributed by atoms with Crippen molar-refractivity contribution in [3.8, 4) is 11.5 Å². The van der Waals surface area contributed by atoms with Gasteiger partial charge in [-0.25, -0.2) is 0 Å². The highest BCUT2D eigenvalue weighted by Crippen LogP contribution is 2.38. The molecule has 2 aliphatic heterocycles. The van der Waals surface area contributed by atoms with Gasteiger partial charge in [0.05, 0.1) is 5.92 Å². The highest BCUT2D eigenvalue weighted by molar-refractivity contribution is 6.00. The molecule has 1 aromatic rings. The molecule has 6 heteroatoms. The van der Waals surface area contributed by atoms with Crippen LogP contribution in [-0.2, 0) is 9.59 Å². The summed E-state index contributed by atoms with van der Waals surface area (Å²) in [6.45, 7) is 2.73. The van der Waals surface area contributed by atoms with E-state index in [2.05, 4.69) is 6.92 Å². The number of fused-ring (bicyclic) bond motifs is 1. The molecule has 0 spiro atoms. The molecule has 2 atom stereocenters. The standard InChI is InChI=1S/C18H22N2O4/c1-11(12-3-4-12)19(2)18(22)13-7-17(21)20(9-13)14-5-6-15-16(8-14)24-10-23-15/h5-6,8,11-13H,3-4,7,9-10H2,1-2H3/t11-,13+/m1/s1. The summed E-state index contributed by atoms with van der Waals surface area (Å²) in [5.74, 6) is 1.76. The largest absolute Gasteiger partial charge is 0.454 e. The number of benzene rings is 1. The number of hydrogen-bond acceptors (Lipinski definition) is 4. The summed E-state index contributed by atoms with van der Waals surface area (Å²) in [5.41, 5.74) is 0.762. The van der Waals surface area contributed by atoms with Crippen molar-refractivity contribution in [3.63, 3.8) is 0 Å². The molecule has 128 valence electrons. The number of hydrogen-bond donors (Lipinski definition) is 0. The third-order valence-corrected chi connectivity index (χ3v) is 5.40. The van der Waals surface area contributed by atoms with E-state index < -0.39 is 0 Å². The van der Waals surface area contributed by atoms with Gasteiger partial charge in [0.1, 0.15) is 0 Å². The first-order valence-corrected chi connectivity index (χ1v) is 8.51. The Balaban J connectivity index is 1.47. The van der Waals surface area contributed by atoms with E-state index in [0.717, 1.165) is 5.69 Å². The summed E-state index contributed by atoms with van der Waals surface area (Å²) < 4.78 is 10.7. The number of anilines is 1. The Morgan fingerprint density at radius 2 is 2.04 bits per heavy atom. The molecule has 2 heterocycles. The lowest BCUT2D eigenvalue weighted by Crippen LogP contribution is -2.41. The Morgan fingerprint density at radius 1 is 1.29 bits per heavy atom. The van der Waals surface area contributed by atoms with Crippen molar-refractivity contribution >= 4 is 17.5 Å². The van der Waals surface area contributed by atoms with Crippen LogP contribution in [0.1, 0.15) is 26.2 Å². The zero-order valence-electron chi connectivity index (χ0n) is 14.0. The van der Waals surface area contributed by atoms with Crippen molar-refractivity contribution in [1.82, 2.24) is 4.90 Å². The van der Waals surface area contributed by atoms with Crippen LogP contribution >= 0.6 is 0 Å². The SMILES string of the molecule is C[C@H](C1CC1)N(C)C(=O)[C@H]1CC(=O)N(c2ccc3c(c2)OCO3)C1.